The predicted octanol–water partition coefficient (Wildman–Crippen LogP) is 3.52. The number of ether oxygens (including phenoxy) is 1. The Kier molecular flexibility index (Phi) is 3.87. The zero-order valence-electron chi connectivity index (χ0n) is 10.1. The summed E-state index contributed by atoms with van der Waals surface area (Å²) in [4.78, 5) is 11.5. The first-order valence-electron chi connectivity index (χ1n) is 5.71. The fraction of sp³-hybridized carbons (Fsp3) is 0.214. The van der Waals surface area contributed by atoms with Crippen molar-refractivity contribution in [2.45, 2.75) is 13.5 Å². The molecule has 0 saturated heterocycles. The molecule has 0 spiro atoms. The van der Waals surface area contributed by atoms with Crippen LogP contribution in [0.3, 0.4) is 0 Å². The largest absolute Gasteiger partial charge is 0.463 e. The minimum Gasteiger partial charge on any atom is -0.463 e. The van der Waals surface area contributed by atoms with Crippen molar-refractivity contribution < 1.29 is 9.53 Å². The van der Waals surface area contributed by atoms with Gasteiger partial charge in [-0.2, -0.15) is 0 Å². The van der Waals surface area contributed by atoms with Crippen LogP contribution in [0.4, 0.5) is 0 Å². The van der Waals surface area contributed by atoms with E-state index in [0.717, 1.165) is 15.4 Å². The molecule has 2 rings (SSSR count). The standard InChI is InChI=1S/C14H14BrNO2/c1-3-18-14(17)10(2)9-16-7-6-11-4-5-12(15)8-13(11)16/h4-8H,2-3,9H2,1H3. The van der Waals surface area contributed by atoms with Crippen molar-refractivity contribution >= 4 is 32.8 Å². The lowest BCUT2D eigenvalue weighted by atomic mass is 10.2. The van der Waals surface area contributed by atoms with Crippen LogP contribution in [0, 0.1) is 0 Å². The third-order valence-electron chi connectivity index (χ3n) is 2.66. The van der Waals surface area contributed by atoms with E-state index in [9.17, 15) is 4.79 Å². The zero-order chi connectivity index (χ0) is 13.1. The van der Waals surface area contributed by atoms with Crippen LogP contribution in [-0.2, 0) is 16.1 Å². The minimum absolute atomic E-state index is 0.339. The van der Waals surface area contributed by atoms with E-state index in [2.05, 4.69) is 22.5 Å². The van der Waals surface area contributed by atoms with Crippen molar-refractivity contribution in [3.63, 3.8) is 0 Å². The van der Waals surface area contributed by atoms with Gasteiger partial charge in [0, 0.05) is 21.8 Å². The molecule has 4 heteroatoms. The Morgan fingerprint density at radius 3 is 2.94 bits per heavy atom. The van der Waals surface area contributed by atoms with E-state index in [1.54, 1.807) is 6.92 Å². The molecule has 0 fully saturated rings. The summed E-state index contributed by atoms with van der Waals surface area (Å²) in [6.45, 7) is 6.37. The van der Waals surface area contributed by atoms with Gasteiger partial charge in [-0.1, -0.05) is 28.6 Å². The Morgan fingerprint density at radius 1 is 1.44 bits per heavy atom. The SMILES string of the molecule is C=C(Cn1ccc2ccc(Br)cc21)C(=O)OCC. The molecule has 0 aliphatic carbocycles. The molecule has 0 amide bonds. The van der Waals surface area contributed by atoms with Gasteiger partial charge in [-0.15, -0.1) is 0 Å². The summed E-state index contributed by atoms with van der Waals surface area (Å²) in [6, 6.07) is 8.06. The number of carbonyl (C=O) groups excluding carboxylic acids is 1. The van der Waals surface area contributed by atoms with E-state index >= 15 is 0 Å². The summed E-state index contributed by atoms with van der Waals surface area (Å²) in [5, 5.41) is 1.13. The second kappa shape index (κ2) is 5.40. The molecule has 0 saturated carbocycles. The third kappa shape index (κ3) is 2.64. The number of rotatable bonds is 4. The van der Waals surface area contributed by atoms with Gasteiger partial charge in [-0.25, -0.2) is 4.79 Å². The van der Waals surface area contributed by atoms with Gasteiger partial charge in [0.1, 0.15) is 0 Å². The number of hydrogen-bond donors (Lipinski definition) is 0. The number of fused-ring (bicyclic) bond motifs is 1. The smallest absolute Gasteiger partial charge is 0.335 e. The molecule has 94 valence electrons. The topological polar surface area (TPSA) is 31.2 Å². The predicted molar refractivity (Wildman–Crippen MR) is 75.4 cm³/mol. The maximum Gasteiger partial charge on any atom is 0.335 e. The van der Waals surface area contributed by atoms with Gasteiger partial charge in [-0.05, 0) is 30.5 Å². The Balaban J connectivity index is 2.24. The molecule has 1 heterocycles. The summed E-state index contributed by atoms with van der Waals surface area (Å²) in [6.07, 6.45) is 1.95. The molecular weight excluding hydrogens is 294 g/mol. The van der Waals surface area contributed by atoms with Crippen molar-refractivity contribution in [3.8, 4) is 0 Å². The molecule has 1 aromatic carbocycles. The molecule has 3 nitrogen and oxygen atoms in total. The van der Waals surface area contributed by atoms with Crippen molar-refractivity contribution in [1.82, 2.24) is 4.57 Å². The molecule has 0 bridgehead atoms. The summed E-state index contributed by atoms with van der Waals surface area (Å²) in [7, 11) is 0. The summed E-state index contributed by atoms with van der Waals surface area (Å²) in [5.41, 5.74) is 1.52. The maximum atomic E-state index is 11.5. The first-order chi connectivity index (χ1) is 8.61. The van der Waals surface area contributed by atoms with E-state index in [0.29, 0.717) is 18.7 Å². The second-order valence-corrected chi connectivity index (χ2v) is 4.89. The highest BCUT2D eigenvalue weighted by atomic mass is 79.9. The van der Waals surface area contributed by atoms with E-state index < -0.39 is 0 Å². The number of aromatic nitrogens is 1. The van der Waals surface area contributed by atoms with E-state index in [1.165, 1.54) is 0 Å². The lowest BCUT2D eigenvalue weighted by Crippen LogP contribution is -2.11. The molecule has 0 aliphatic heterocycles. The highest BCUT2D eigenvalue weighted by Gasteiger charge is 2.10. The normalized spacial score (nSPS) is 10.6. The van der Waals surface area contributed by atoms with Gasteiger partial charge in [0.25, 0.3) is 0 Å². The quantitative estimate of drug-likeness (QED) is 0.639. The molecule has 0 atom stereocenters. The zero-order valence-corrected chi connectivity index (χ0v) is 11.7. The van der Waals surface area contributed by atoms with Crippen molar-refractivity contribution in [2.75, 3.05) is 6.61 Å². The molecule has 18 heavy (non-hydrogen) atoms. The number of hydrogen-bond acceptors (Lipinski definition) is 2. The number of carbonyl (C=O) groups is 1. The Bertz CT molecular complexity index is 601. The fourth-order valence-corrected chi connectivity index (χ4v) is 2.15. The number of esters is 1. The Labute approximate surface area is 114 Å². The highest BCUT2D eigenvalue weighted by Crippen LogP contribution is 2.21. The molecule has 0 N–H and O–H groups in total. The molecule has 0 unspecified atom stereocenters. The maximum absolute atomic E-state index is 11.5. The van der Waals surface area contributed by atoms with Crippen LogP contribution < -0.4 is 0 Å². The van der Waals surface area contributed by atoms with Crippen LogP contribution >= 0.6 is 15.9 Å². The van der Waals surface area contributed by atoms with E-state index in [4.69, 9.17) is 4.74 Å². The van der Waals surface area contributed by atoms with Gasteiger partial charge in [0.05, 0.1) is 13.2 Å². The minimum atomic E-state index is -0.339. The van der Waals surface area contributed by atoms with Gasteiger partial charge >= 0.3 is 5.97 Å². The summed E-state index contributed by atoms with van der Waals surface area (Å²) < 4.78 is 7.92. The van der Waals surface area contributed by atoms with Crippen LogP contribution in [-0.4, -0.2) is 17.1 Å². The van der Waals surface area contributed by atoms with Crippen LogP contribution in [0.1, 0.15) is 6.92 Å². The average molecular weight is 308 g/mol. The monoisotopic (exact) mass is 307 g/mol. The highest BCUT2D eigenvalue weighted by molar-refractivity contribution is 9.10. The third-order valence-corrected chi connectivity index (χ3v) is 3.15. The number of nitrogens with zero attached hydrogens (tertiary/aromatic N) is 1. The van der Waals surface area contributed by atoms with Crippen LogP contribution in [0.15, 0.2) is 47.1 Å². The molecule has 0 aliphatic rings. The van der Waals surface area contributed by atoms with Crippen LogP contribution in [0.25, 0.3) is 10.9 Å². The van der Waals surface area contributed by atoms with Gasteiger partial charge < -0.3 is 9.30 Å². The van der Waals surface area contributed by atoms with Gasteiger partial charge in [0.15, 0.2) is 0 Å². The number of benzene rings is 1. The molecule has 2 aromatic rings. The van der Waals surface area contributed by atoms with E-state index in [-0.39, 0.29) is 5.97 Å². The summed E-state index contributed by atoms with van der Waals surface area (Å²) in [5.74, 6) is -0.339. The molecule has 0 radical (unpaired) electrons. The van der Waals surface area contributed by atoms with Crippen LogP contribution in [0.2, 0.25) is 0 Å². The molecule has 1 aromatic heterocycles. The molecular formula is C14H14BrNO2. The lowest BCUT2D eigenvalue weighted by molar-refractivity contribution is -0.138. The van der Waals surface area contributed by atoms with Gasteiger partial charge in [-0.3, -0.25) is 0 Å². The first-order valence-corrected chi connectivity index (χ1v) is 6.50. The second-order valence-electron chi connectivity index (χ2n) is 3.97. The van der Waals surface area contributed by atoms with Crippen molar-refractivity contribution in [3.05, 3.63) is 47.1 Å². The number of halogens is 1. The lowest BCUT2D eigenvalue weighted by Gasteiger charge is -2.08. The van der Waals surface area contributed by atoms with Crippen molar-refractivity contribution in [2.24, 2.45) is 0 Å². The van der Waals surface area contributed by atoms with Gasteiger partial charge in [0.2, 0.25) is 0 Å². The first kappa shape index (κ1) is 12.9. The Morgan fingerprint density at radius 2 is 2.22 bits per heavy atom. The van der Waals surface area contributed by atoms with Crippen LogP contribution in [0.5, 0.6) is 0 Å². The van der Waals surface area contributed by atoms with E-state index in [1.807, 2.05) is 35.0 Å². The summed E-state index contributed by atoms with van der Waals surface area (Å²) >= 11 is 3.44. The fourth-order valence-electron chi connectivity index (χ4n) is 1.80. The Hall–Kier alpha value is -1.55. The van der Waals surface area contributed by atoms with Crippen molar-refractivity contribution in [1.29, 1.82) is 0 Å². The average Bonchev–Trinajstić information content (AvgIpc) is 2.72.